The number of allylic oxidation sites excluding steroid dienone is 5. The molecule has 0 amide bonds. The lowest BCUT2D eigenvalue weighted by molar-refractivity contribution is 0.0988. The second-order valence-electron chi connectivity index (χ2n) is 7.62. The van der Waals surface area contributed by atoms with Gasteiger partial charge in [-0.15, -0.1) is 0 Å². The fraction of sp³-hybridized carbons (Fsp3) is 0.0800. The quantitative estimate of drug-likeness (QED) is 0.421. The number of fused-ring (bicyclic) bond motifs is 3. The van der Waals surface area contributed by atoms with Gasteiger partial charge in [0.05, 0.1) is 11.3 Å². The molecule has 3 aliphatic rings. The molecule has 3 aromatic rings. The van der Waals surface area contributed by atoms with Crippen LogP contribution in [0.3, 0.4) is 0 Å². The van der Waals surface area contributed by atoms with Crippen LogP contribution in [0.1, 0.15) is 38.3 Å². The first-order valence-electron chi connectivity index (χ1n) is 9.79. The van der Waals surface area contributed by atoms with E-state index in [-0.39, 0.29) is 17.1 Å². The van der Waals surface area contributed by atoms with Crippen molar-refractivity contribution in [1.82, 2.24) is 4.98 Å². The van der Waals surface area contributed by atoms with Gasteiger partial charge in [-0.2, -0.15) is 11.3 Å². The van der Waals surface area contributed by atoms with Crippen molar-refractivity contribution in [1.29, 1.82) is 0 Å². The average Bonchev–Trinajstić information content (AvgIpc) is 3.48. The van der Waals surface area contributed by atoms with Gasteiger partial charge in [0.15, 0.2) is 11.6 Å². The molecule has 6 rings (SSSR count). The molecule has 3 heterocycles. The molecule has 0 atom stereocenters. The van der Waals surface area contributed by atoms with E-state index in [1.54, 1.807) is 16.8 Å². The van der Waals surface area contributed by atoms with E-state index >= 15 is 0 Å². The van der Waals surface area contributed by atoms with E-state index in [1.165, 1.54) is 22.5 Å². The summed E-state index contributed by atoms with van der Waals surface area (Å²) >= 11 is 1.39. The molecule has 1 aliphatic heterocycles. The first-order valence-corrected chi connectivity index (χ1v) is 10.7. The SMILES string of the molecule is O=C1C(=CC2=CC=C(N3c4ccccc4Cc4cccnc43)C2)C(=O)c2cscc21. The third-order valence-electron chi connectivity index (χ3n) is 5.83. The molecule has 0 N–H and O–H groups in total. The van der Waals surface area contributed by atoms with E-state index < -0.39 is 0 Å². The van der Waals surface area contributed by atoms with Crippen LogP contribution in [0.15, 0.2) is 88.4 Å². The molecule has 0 unspecified atom stereocenters. The number of carbonyl (C=O) groups is 2. The smallest absolute Gasteiger partial charge is 0.198 e. The number of hydrogen-bond acceptors (Lipinski definition) is 5. The second kappa shape index (κ2) is 6.47. The van der Waals surface area contributed by atoms with Gasteiger partial charge in [-0.1, -0.05) is 30.3 Å². The highest BCUT2D eigenvalue weighted by Crippen LogP contribution is 2.42. The van der Waals surface area contributed by atoms with Gasteiger partial charge < -0.3 is 0 Å². The Hall–Kier alpha value is -3.57. The first kappa shape index (κ1) is 17.3. The zero-order chi connectivity index (χ0) is 20.2. The number of para-hydroxylation sites is 1. The summed E-state index contributed by atoms with van der Waals surface area (Å²) in [7, 11) is 0. The fourth-order valence-corrected chi connectivity index (χ4v) is 5.21. The Morgan fingerprint density at radius 1 is 0.900 bits per heavy atom. The van der Waals surface area contributed by atoms with Gasteiger partial charge in [-0.25, -0.2) is 4.98 Å². The summed E-state index contributed by atoms with van der Waals surface area (Å²) in [5.74, 6) is 0.613. The molecular weight excluding hydrogens is 392 g/mol. The van der Waals surface area contributed by atoms with Gasteiger partial charge in [0.1, 0.15) is 5.82 Å². The molecule has 4 nitrogen and oxygen atoms in total. The monoisotopic (exact) mass is 408 g/mol. The topological polar surface area (TPSA) is 50.3 Å². The Morgan fingerprint density at radius 2 is 1.67 bits per heavy atom. The maximum absolute atomic E-state index is 12.6. The van der Waals surface area contributed by atoms with Crippen LogP contribution >= 0.6 is 11.3 Å². The van der Waals surface area contributed by atoms with Gasteiger partial charge in [0.2, 0.25) is 0 Å². The summed E-state index contributed by atoms with van der Waals surface area (Å²) in [6.07, 6.45) is 9.13. The Bertz CT molecular complexity index is 1260. The number of hydrogen-bond donors (Lipinski definition) is 0. The third kappa shape index (κ3) is 2.49. The number of aromatic nitrogens is 1. The van der Waals surface area contributed by atoms with Crippen molar-refractivity contribution in [3.8, 4) is 0 Å². The molecule has 30 heavy (non-hydrogen) atoms. The van der Waals surface area contributed by atoms with Crippen LogP contribution < -0.4 is 4.90 Å². The van der Waals surface area contributed by atoms with E-state index in [0.717, 1.165) is 29.2 Å². The normalized spacial score (nSPS) is 16.8. The van der Waals surface area contributed by atoms with Gasteiger partial charge >= 0.3 is 0 Å². The summed E-state index contributed by atoms with van der Waals surface area (Å²) in [4.78, 5) is 32.1. The average molecular weight is 408 g/mol. The molecule has 0 saturated heterocycles. The van der Waals surface area contributed by atoms with Crippen LogP contribution in [-0.4, -0.2) is 16.6 Å². The van der Waals surface area contributed by atoms with Crippen molar-refractivity contribution in [2.24, 2.45) is 0 Å². The number of rotatable bonds is 2. The molecule has 2 aliphatic carbocycles. The van der Waals surface area contributed by atoms with E-state index in [2.05, 4.69) is 40.2 Å². The number of nitrogens with zero attached hydrogens (tertiary/aromatic N) is 2. The number of pyridine rings is 1. The highest BCUT2D eigenvalue weighted by Gasteiger charge is 2.34. The van der Waals surface area contributed by atoms with Crippen LogP contribution in [0.5, 0.6) is 0 Å². The summed E-state index contributed by atoms with van der Waals surface area (Å²) in [6.45, 7) is 0. The molecule has 2 aromatic heterocycles. The fourth-order valence-electron chi connectivity index (χ4n) is 4.40. The predicted molar refractivity (Wildman–Crippen MR) is 117 cm³/mol. The van der Waals surface area contributed by atoms with Crippen molar-refractivity contribution >= 4 is 34.4 Å². The second-order valence-corrected chi connectivity index (χ2v) is 8.36. The number of thiophene rings is 1. The van der Waals surface area contributed by atoms with Crippen molar-refractivity contribution in [2.45, 2.75) is 12.8 Å². The lowest BCUT2D eigenvalue weighted by atomic mass is 9.97. The summed E-state index contributed by atoms with van der Waals surface area (Å²) in [5, 5.41) is 3.52. The lowest BCUT2D eigenvalue weighted by Crippen LogP contribution is -2.23. The molecule has 0 saturated carbocycles. The number of benzene rings is 1. The van der Waals surface area contributed by atoms with Crippen molar-refractivity contribution < 1.29 is 9.59 Å². The minimum Gasteiger partial charge on any atom is -0.298 e. The van der Waals surface area contributed by atoms with E-state index in [4.69, 9.17) is 0 Å². The van der Waals surface area contributed by atoms with Crippen LogP contribution in [0, 0.1) is 0 Å². The van der Waals surface area contributed by atoms with Gasteiger partial charge in [0, 0.05) is 46.6 Å². The van der Waals surface area contributed by atoms with E-state index in [1.807, 2.05) is 24.4 Å². The standard InChI is InChI=1S/C25H16N2O2S/c28-23-19(24(29)21-14-30-13-20(21)23)11-15-7-8-18(10-15)27-22-6-2-1-4-16(22)12-17-5-3-9-26-25(17)27/h1-9,11,13-14H,10,12H2. The maximum atomic E-state index is 12.6. The molecular formula is C25H16N2O2S. The van der Waals surface area contributed by atoms with Crippen molar-refractivity contribution in [3.63, 3.8) is 0 Å². The zero-order valence-electron chi connectivity index (χ0n) is 16.0. The van der Waals surface area contributed by atoms with E-state index in [9.17, 15) is 9.59 Å². The minimum atomic E-state index is -0.166. The first-order chi connectivity index (χ1) is 14.7. The Morgan fingerprint density at radius 3 is 2.50 bits per heavy atom. The molecule has 0 spiro atoms. The summed E-state index contributed by atoms with van der Waals surface area (Å²) < 4.78 is 0. The van der Waals surface area contributed by atoms with Crippen molar-refractivity contribution in [3.05, 3.63) is 111 Å². The number of carbonyl (C=O) groups excluding carboxylic acids is 2. The van der Waals surface area contributed by atoms with Gasteiger partial charge in [-0.3, -0.25) is 14.5 Å². The van der Waals surface area contributed by atoms with Crippen LogP contribution in [-0.2, 0) is 6.42 Å². The van der Waals surface area contributed by atoms with Crippen LogP contribution in [0.2, 0.25) is 0 Å². The highest BCUT2D eigenvalue weighted by atomic mass is 32.1. The minimum absolute atomic E-state index is 0.166. The maximum Gasteiger partial charge on any atom is 0.198 e. The highest BCUT2D eigenvalue weighted by molar-refractivity contribution is 7.08. The number of anilines is 2. The lowest BCUT2D eigenvalue weighted by Gasteiger charge is -2.33. The van der Waals surface area contributed by atoms with Crippen LogP contribution in [0.25, 0.3) is 0 Å². The Labute approximate surface area is 177 Å². The molecule has 1 aromatic carbocycles. The molecule has 144 valence electrons. The molecule has 0 radical (unpaired) electrons. The molecule has 0 bridgehead atoms. The van der Waals surface area contributed by atoms with Crippen molar-refractivity contribution in [2.75, 3.05) is 4.90 Å². The van der Waals surface area contributed by atoms with Crippen LogP contribution in [0.4, 0.5) is 11.5 Å². The van der Waals surface area contributed by atoms with Gasteiger partial charge in [-0.05, 0) is 41.0 Å². The van der Waals surface area contributed by atoms with E-state index in [0.29, 0.717) is 17.5 Å². The summed E-state index contributed by atoms with van der Waals surface area (Å²) in [6, 6.07) is 12.5. The largest absolute Gasteiger partial charge is 0.298 e. The van der Waals surface area contributed by atoms with Gasteiger partial charge in [0.25, 0.3) is 0 Å². The third-order valence-corrected chi connectivity index (χ3v) is 6.57. The summed E-state index contributed by atoms with van der Waals surface area (Å²) in [5.41, 5.74) is 6.96. The molecule has 0 fully saturated rings. The molecule has 5 heteroatoms. The Kier molecular flexibility index (Phi) is 3.73. The zero-order valence-corrected chi connectivity index (χ0v) is 16.8. The number of Topliss-reactive ketones (excluding diaryl/α,β-unsaturated/α-hetero) is 2. The number of ketones is 2. The Balaban J connectivity index is 1.33. The predicted octanol–water partition coefficient (Wildman–Crippen LogP) is 5.41.